The van der Waals surface area contributed by atoms with Crippen LogP contribution in [-0.4, -0.2) is 17.3 Å². The lowest BCUT2D eigenvalue weighted by Crippen LogP contribution is -2.32. The number of carbonyl (C=O) groups is 1. The van der Waals surface area contributed by atoms with Gasteiger partial charge in [-0.1, -0.05) is 43.5 Å². The zero-order valence-electron chi connectivity index (χ0n) is 9.47. The van der Waals surface area contributed by atoms with Crippen LogP contribution < -0.4 is 5.32 Å². The molecule has 2 nitrogen and oxygen atoms in total. The summed E-state index contributed by atoms with van der Waals surface area (Å²) in [4.78, 5) is 11.9. The topological polar surface area (TPSA) is 29.1 Å². The molecule has 1 aromatic rings. The van der Waals surface area contributed by atoms with Gasteiger partial charge in [-0.15, -0.1) is 0 Å². The van der Waals surface area contributed by atoms with Crippen LogP contribution in [0.2, 0.25) is 5.02 Å². The van der Waals surface area contributed by atoms with Crippen LogP contribution >= 0.6 is 43.5 Å². The summed E-state index contributed by atoms with van der Waals surface area (Å²) in [6.45, 7) is 1.99. The first-order chi connectivity index (χ1) is 8.04. The van der Waals surface area contributed by atoms with Gasteiger partial charge >= 0.3 is 0 Å². The minimum Gasteiger partial charge on any atom is -0.350 e. The maximum Gasteiger partial charge on any atom is 0.252 e. The Bertz CT molecular complexity index is 398. The van der Waals surface area contributed by atoms with Crippen LogP contribution in [0.25, 0.3) is 0 Å². The highest BCUT2D eigenvalue weighted by atomic mass is 79.9. The Morgan fingerprint density at radius 1 is 1.53 bits per heavy atom. The Morgan fingerprint density at radius 2 is 2.24 bits per heavy atom. The van der Waals surface area contributed by atoms with Crippen molar-refractivity contribution in [3.05, 3.63) is 33.3 Å². The van der Waals surface area contributed by atoms with Gasteiger partial charge in [-0.3, -0.25) is 4.79 Å². The van der Waals surface area contributed by atoms with Crippen LogP contribution in [0.3, 0.4) is 0 Å². The SMILES string of the molecule is CC(CCCBr)NC(=O)c1ccc(Br)cc1Cl. The second kappa shape index (κ2) is 7.39. The standard InChI is InChI=1S/C12H14Br2ClNO/c1-8(3-2-6-13)16-12(17)10-5-4-9(14)7-11(10)15/h4-5,7-8H,2-3,6H2,1H3,(H,16,17). The molecular formula is C12H14Br2ClNO. The first kappa shape index (κ1) is 15.0. The quantitative estimate of drug-likeness (QED) is 0.751. The molecule has 0 aromatic heterocycles. The van der Waals surface area contributed by atoms with Crippen molar-refractivity contribution in [3.63, 3.8) is 0 Å². The van der Waals surface area contributed by atoms with Crippen molar-refractivity contribution in [2.24, 2.45) is 0 Å². The summed E-state index contributed by atoms with van der Waals surface area (Å²) in [7, 11) is 0. The Balaban J connectivity index is 2.63. The number of hydrogen-bond acceptors (Lipinski definition) is 1. The molecule has 5 heteroatoms. The van der Waals surface area contributed by atoms with Gasteiger partial charge in [0.25, 0.3) is 5.91 Å². The number of rotatable bonds is 5. The minimum absolute atomic E-state index is 0.121. The summed E-state index contributed by atoms with van der Waals surface area (Å²) < 4.78 is 0.867. The average Bonchev–Trinajstić information content (AvgIpc) is 2.26. The summed E-state index contributed by atoms with van der Waals surface area (Å²) in [5, 5.41) is 4.34. The monoisotopic (exact) mass is 381 g/mol. The summed E-state index contributed by atoms with van der Waals surface area (Å²) in [5.41, 5.74) is 0.514. The smallest absolute Gasteiger partial charge is 0.252 e. The summed E-state index contributed by atoms with van der Waals surface area (Å²) in [5.74, 6) is -0.121. The number of alkyl halides is 1. The molecule has 94 valence electrons. The zero-order chi connectivity index (χ0) is 12.8. The molecule has 0 heterocycles. The molecule has 1 N–H and O–H groups in total. The first-order valence-corrected chi connectivity index (χ1v) is 7.65. The normalized spacial score (nSPS) is 12.2. The largest absolute Gasteiger partial charge is 0.350 e. The van der Waals surface area contributed by atoms with Crippen LogP contribution in [-0.2, 0) is 0 Å². The Hall–Kier alpha value is -0.0600. The van der Waals surface area contributed by atoms with E-state index in [1.54, 1.807) is 12.1 Å². The molecule has 0 saturated carbocycles. The molecule has 0 saturated heterocycles. The Kier molecular flexibility index (Phi) is 6.52. The minimum atomic E-state index is -0.121. The van der Waals surface area contributed by atoms with E-state index in [9.17, 15) is 4.79 Å². The van der Waals surface area contributed by atoms with E-state index in [2.05, 4.69) is 37.2 Å². The molecule has 0 aliphatic rings. The van der Waals surface area contributed by atoms with E-state index in [0.29, 0.717) is 10.6 Å². The number of amides is 1. The fraction of sp³-hybridized carbons (Fsp3) is 0.417. The fourth-order valence-electron chi connectivity index (χ4n) is 1.43. The van der Waals surface area contributed by atoms with Gasteiger partial charge in [0.15, 0.2) is 0 Å². The van der Waals surface area contributed by atoms with Crippen molar-refractivity contribution in [2.45, 2.75) is 25.8 Å². The fourth-order valence-corrected chi connectivity index (χ4v) is 2.51. The molecule has 0 spiro atoms. The van der Waals surface area contributed by atoms with Gasteiger partial charge < -0.3 is 5.32 Å². The van der Waals surface area contributed by atoms with Gasteiger partial charge in [0, 0.05) is 15.8 Å². The van der Waals surface area contributed by atoms with Gasteiger partial charge in [0.05, 0.1) is 10.6 Å². The van der Waals surface area contributed by atoms with Gasteiger partial charge in [-0.2, -0.15) is 0 Å². The number of hydrogen-bond donors (Lipinski definition) is 1. The van der Waals surface area contributed by atoms with E-state index in [0.717, 1.165) is 22.6 Å². The highest BCUT2D eigenvalue weighted by Gasteiger charge is 2.12. The third-order valence-electron chi connectivity index (χ3n) is 2.32. The number of nitrogens with one attached hydrogen (secondary N) is 1. The molecule has 0 aliphatic heterocycles. The zero-order valence-corrected chi connectivity index (χ0v) is 13.4. The third-order valence-corrected chi connectivity index (χ3v) is 3.69. The van der Waals surface area contributed by atoms with Crippen molar-refractivity contribution in [1.82, 2.24) is 5.32 Å². The van der Waals surface area contributed by atoms with Gasteiger partial charge in [0.2, 0.25) is 0 Å². The molecule has 17 heavy (non-hydrogen) atoms. The van der Waals surface area contributed by atoms with Crippen LogP contribution in [0, 0.1) is 0 Å². The molecule has 1 aromatic carbocycles. The molecule has 1 atom stereocenters. The lowest BCUT2D eigenvalue weighted by Gasteiger charge is -2.13. The van der Waals surface area contributed by atoms with E-state index in [1.807, 2.05) is 13.0 Å². The molecule has 0 aliphatic carbocycles. The van der Waals surface area contributed by atoms with E-state index in [4.69, 9.17) is 11.6 Å². The second-order valence-corrected chi connectivity index (χ2v) is 5.95. The van der Waals surface area contributed by atoms with E-state index in [-0.39, 0.29) is 11.9 Å². The summed E-state index contributed by atoms with van der Waals surface area (Å²) >= 11 is 12.7. The van der Waals surface area contributed by atoms with Crippen LogP contribution in [0.1, 0.15) is 30.1 Å². The average molecular weight is 384 g/mol. The van der Waals surface area contributed by atoms with Crippen LogP contribution in [0.4, 0.5) is 0 Å². The molecule has 1 rings (SSSR count). The lowest BCUT2D eigenvalue weighted by atomic mass is 10.1. The van der Waals surface area contributed by atoms with Crippen molar-refractivity contribution < 1.29 is 4.79 Å². The predicted octanol–water partition coefficient (Wildman–Crippen LogP) is 4.40. The summed E-state index contributed by atoms with van der Waals surface area (Å²) in [6.07, 6.45) is 1.99. The first-order valence-electron chi connectivity index (χ1n) is 5.36. The maximum atomic E-state index is 11.9. The molecule has 0 radical (unpaired) electrons. The number of benzene rings is 1. The second-order valence-electron chi connectivity index (χ2n) is 3.83. The predicted molar refractivity (Wildman–Crippen MR) is 79.1 cm³/mol. The number of halogens is 3. The van der Waals surface area contributed by atoms with E-state index >= 15 is 0 Å². The Labute approximate surface area is 123 Å². The highest BCUT2D eigenvalue weighted by Crippen LogP contribution is 2.21. The molecule has 0 bridgehead atoms. The third kappa shape index (κ3) is 4.98. The lowest BCUT2D eigenvalue weighted by molar-refractivity contribution is 0.0938. The van der Waals surface area contributed by atoms with Crippen LogP contribution in [0.5, 0.6) is 0 Å². The van der Waals surface area contributed by atoms with Crippen molar-refractivity contribution in [3.8, 4) is 0 Å². The Morgan fingerprint density at radius 3 is 2.82 bits per heavy atom. The number of carbonyl (C=O) groups excluding carboxylic acids is 1. The van der Waals surface area contributed by atoms with E-state index < -0.39 is 0 Å². The van der Waals surface area contributed by atoms with Gasteiger partial charge in [0.1, 0.15) is 0 Å². The molecular weight excluding hydrogens is 369 g/mol. The van der Waals surface area contributed by atoms with Crippen molar-refractivity contribution >= 4 is 49.4 Å². The molecule has 1 unspecified atom stereocenters. The van der Waals surface area contributed by atoms with Crippen LogP contribution in [0.15, 0.2) is 22.7 Å². The van der Waals surface area contributed by atoms with Crippen molar-refractivity contribution in [1.29, 1.82) is 0 Å². The van der Waals surface area contributed by atoms with Crippen molar-refractivity contribution in [2.75, 3.05) is 5.33 Å². The van der Waals surface area contributed by atoms with Gasteiger partial charge in [-0.25, -0.2) is 0 Å². The van der Waals surface area contributed by atoms with E-state index in [1.165, 1.54) is 0 Å². The molecule has 0 fully saturated rings. The molecule has 1 amide bonds. The maximum absolute atomic E-state index is 11.9. The van der Waals surface area contributed by atoms with Gasteiger partial charge in [-0.05, 0) is 38.0 Å². The highest BCUT2D eigenvalue weighted by molar-refractivity contribution is 9.10. The summed E-state index contributed by atoms with van der Waals surface area (Å²) in [6, 6.07) is 5.41.